The number of hydrogen-bond donors (Lipinski definition) is 0. The molecule has 2 aliphatic carbocycles. The van der Waals surface area contributed by atoms with E-state index in [4.69, 9.17) is 4.84 Å². The normalized spacial score (nSPS) is 22.7. The average Bonchev–Trinajstić information content (AvgIpc) is 3.33. The summed E-state index contributed by atoms with van der Waals surface area (Å²) in [6.07, 6.45) is 7.46. The number of hydroxylamine groups is 2. The lowest BCUT2D eigenvalue weighted by atomic mass is 9.85. The molecule has 4 unspecified atom stereocenters. The van der Waals surface area contributed by atoms with Gasteiger partial charge in [-0.3, -0.25) is 0 Å². The van der Waals surface area contributed by atoms with Crippen LogP contribution in [0.25, 0.3) is 0 Å². The van der Waals surface area contributed by atoms with Crippen LogP contribution in [0.2, 0.25) is 0 Å². The minimum Gasteiger partial charge on any atom is -0.302 e. The van der Waals surface area contributed by atoms with Gasteiger partial charge in [-0.15, -0.1) is 12.4 Å². The number of nitrogens with zero attached hydrogens (tertiary/aromatic N) is 1. The van der Waals surface area contributed by atoms with Crippen molar-refractivity contribution < 1.29 is 13.6 Å². The van der Waals surface area contributed by atoms with Gasteiger partial charge in [0.15, 0.2) is 0 Å². The van der Waals surface area contributed by atoms with E-state index >= 15 is 0 Å². The Morgan fingerprint density at radius 3 is 2.19 bits per heavy atom. The van der Waals surface area contributed by atoms with E-state index in [9.17, 15) is 8.78 Å². The average molecular weight is 448 g/mol. The Bertz CT molecular complexity index is 891. The third-order valence-corrected chi connectivity index (χ3v) is 7.00. The zero-order chi connectivity index (χ0) is 21.3. The van der Waals surface area contributed by atoms with Crippen molar-refractivity contribution in [3.8, 4) is 0 Å². The van der Waals surface area contributed by atoms with Crippen molar-refractivity contribution in [2.75, 3.05) is 20.2 Å². The van der Waals surface area contributed by atoms with Gasteiger partial charge in [0, 0.05) is 24.6 Å². The Balaban J connectivity index is 0.00000272. The molecule has 5 heteroatoms. The van der Waals surface area contributed by atoms with Crippen LogP contribution in [0.5, 0.6) is 0 Å². The summed E-state index contributed by atoms with van der Waals surface area (Å²) in [5.74, 6) is 0.910. The van der Waals surface area contributed by atoms with E-state index in [1.807, 2.05) is 11.1 Å². The highest BCUT2D eigenvalue weighted by Crippen LogP contribution is 2.44. The molecule has 2 bridgehead atoms. The Labute approximate surface area is 190 Å². The lowest BCUT2D eigenvalue weighted by Gasteiger charge is -2.31. The molecular formula is C26H32ClF2NO. The van der Waals surface area contributed by atoms with Crippen molar-refractivity contribution >= 4 is 12.4 Å². The van der Waals surface area contributed by atoms with Crippen molar-refractivity contribution in [2.24, 2.45) is 17.8 Å². The van der Waals surface area contributed by atoms with Crippen LogP contribution in [0.1, 0.15) is 41.0 Å². The van der Waals surface area contributed by atoms with Crippen molar-refractivity contribution in [3.63, 3.8) is 0 Å². The summed E-state index contributed by atoms with van der Waals surface area (Å²) >= 11 is 0. The van der Waals surface area contributed by atoms with Gasteiger partial charge in [-0.05, 0) is 79.7 Å². The number of aryl methyl sites for hydroxylation is 2. The largest absolute Gasteiger partial charge is 0.302 e. The minimum atomic E-state index is -0.478. The standard InChI is InChI=1S/C26H31F2NO.ClH/c1-17-6-4-7-18(2)26(17)22(14-23-24(27)8-5-9-25(23)28)16-29(30-3)15-21-13-19-10-11-20(21)12-19;/h4-11,19-22H,12-16H2,1-3H3;1H. The Morgan fingerprint density at radius 2 is 1.65 bits per heavy atom. The van der Waals surface area contributed by atoms with Crippen LogP contribution >= 0.6 is 12.4 Å². The molecule has 0 saturated heterocycles. The molecule has 4 atom stereocenters. The van der Waals surface area contributed by atoms with Gasteiger partial charge in [0.25, 0.3) is 0 Å². The number of fused-ring (bicyclic) bond motifs is 2. The maximum atomic E-state index is 14.5. The van der Waals surface area contributed by atoms with Crippen LogP contribution in [0.3, 0.4) is 0 Å². The number of allylic oxidation sites excluding steroid dienone is 2. The molecule has 0 aromatic heterocycles. The predicted octanol–water partition coefficient (Wildman–Crippen LogP) is 6.41. The van der Waals surface area contributed by atoms with Gasteiger partial charge in [-0.25, -0.2) is 8.78 Å². The summed E-state index contributed by atoms with van der Waals surface area (Å²) in [4.78, 5) is 5.77. The molecule has 0 spiro atoms. The van der Waals surface area contributed by atoms with Gasteiger partial charge < -0.3 is 4.84 Å². The molecule has 31 heavy (non-hydrogen) atoms. The third kappa shape index (κ3) is 5.19. The lowest BCUT2D eigenvalue weighted by Crippen LogP contribution is -2.35. The van der Waals surface area contributed by atoms with Gasteiger partial charge in [0.1, 0.15) is 11.6 Å². The number of hydrogen-bond acceptors (Lipinski definition) is 2. The number of benzene rings is 2. The van der Waals surface area contributed by atoms with Gasteiger partial charge >= 0.3 is 0 Å². The summed E-state index contributed by atoms with van der Waals surface area (Å²) in [6, 6.07) is 10.3. The maximum absolute atomic E-state index is 14.5. The second-order valence-corrected chi connectivity index (χ2v) is 8.98. The van der Waals surface area contributed by atoms with Gasteiger partial charge in [0.2, 0.25) is 0 Å². The van der Waals surface area contributed by atoms with E-state index < -0.39 is 11.6 Å². The molecule has 0 radical (unpaired) electrons. The molecule has 2 aromatic carbocycles. The van der Waals surface area contributed by atoms with Crippen LogP contribution in [0, 0.1) is 43.2 Å². The number of rotatable bonds is 8. The Morgan fingerprint density at radius 1 is 1.00 bits per heavy atom. The Kier molecular flexibility index (Phi) is 7.90. The second kappa shape index (κ2) is 10.2. The van der Waals surface area contributed by atoms with Crippen LogP contribution in [-0.2, 0) is 11.3 Å². The first-order valence-corrected chi connectivity index (χ1v) is 10.9. The van der Waals surface area contributed by atoms with Crippen LogP contribution in [0.15, 0.2) is 48.6 Å². The van der Waals surface area contributed by atoms with Crippen LogP contribution in [0.4, 0.5) is 8.78 Å². The summed E-state index contributed by atoms with van der Waals surface area (Å²) in [6.45, 7) is 5.60. The molecular weight excluding hydrogens is 416 g/mol. The molecule has 2 nitrogen and oxygen atoms in total. The first-order valence-electron chi connectivity index (χ1n) is 10.9. The summed E-state index contributed by atoms with van der Waals surface area (Å²) < 4.78 is 29.0. The highest BCUT2D eigenvalue weighted by atomic mass is 35.5. The summed E-state index contributed by atoms with van der Waals surface area (Å²) in [5.41, 5.74) is 3.62. The summed E-state index contributed by atoms with van der Waals surface area (Å²) in [5, 5.41) is 2.01. The molecule has 4 rings (SSSR count). The first kappa shape index (κ1) is 23.9. The monoisotopic (exact) mass is 447 g/mol. The maximum Gasteiger partial charge on any atom is 0.129 e. The van der Waals surface area contributed by atoms with Gasteiger partial charge in [-0.1, -0.05) is 36.4 Å². The van der Waals surface area contributed by atoms with E-state index in [0.717, 1.165) is 23.2 Å². The second-order valence-electron chi connectivity index (χ2n) is 8.98. The van der Waals surface area contributed by atoms with Crippen LogP contribution in [-0.4, -0.2) is 25.3 Å². The molecule has 2 aliphatic rings. The molecule has 2 aromatic rings. The SMILES string of the molecule is CON(CC(Cc1c(F)cccc1F)c1c(C)cccc1C)CC1CC2C=CC1C2.Cl. The quantitative estimate of drug-likeness (QED) is 0.342. The highest BCUT2D eigenvalue weighted by Gasteiger charge is 2.37. The van der Waals surface area contributed by atoms with E-state index in [1.54, 1.807) is 7.11 Å². The van der Waals surface area contributed by atoms with Gasteiger partial charge in [-0.2, -0.15) is 5.06 Å². The van der Waals surface area contributed by atoms with Crippen molar-refractivity contribution in [2.45, 2.75) is 39.0 Å². The van der Waals surface area contributed by atoms with Crippen LogP contribution < -0.4 is 0 Å². The summed E-state index contributed by atoms with van der Waals surface area (Å²) in [7, 11) is 1.70. The molecule has 0 heterocycles. The fraction of sp³-hybridized carbons (Fsp3) is 0.462. The van der Waals surface area contributed by atoms with Crippen molar-refractivity contribution in [1.29, 1.82) is 0 Å². The smallest absolute Gasteiger partial charge is 0.129 e. The number of halogens is 3. The van der Waals surface area contributed by atoms with Crippen molar-refractivity contribution in [1.82, 2.24) is 5.06 Å². The molecule has 1 saturated carbocycles. The zero-order valence-electron chi connectivity index (χ0n) is 18.5. The molecule has 0 N–H and O–H groups in total. The van der Waals surface area contributed by atoms with E-state index in [2.05, 4.69) is 38.1 Å². The minimum absolute atomic E-state index is 0. The predicted molar refractivity (Wildman–Crippen MR) is 123 cm³/mol. The van der Waals surface area contributed by atoms with E-state index in [1.165, 1.54) is 31.0 Å². The first-order chi connectivity index (χ1) is 14.5. The third-order valence-electron chi connectivity index (χ3n) is 7.00. The highest BCUT2D eigenvalue weighted by molar-refractivity contribution is 5.85. The molecule has 1 fully saturated rings. The fourth-order valence-corrected chi connectivity index (χ4v) is 5.54. The molecule has 0 aliphatic heterocycles. The lowest BCUT2D eigenvalue weighted by molar-refractivity contribution is -0.144. The Hall–Kier alpha value is -1.75. The van der Waals surface area contributed by atoms with Crippen molar-refractivity contribution in [3.05, 3.63) is 82.4 Å². The molecule has 0 amide bonds. The fourth-order valence-electron chi connectivity index (χ4n) is 5.54. The van der Waals surface area contributed by atoms with E-state index in [0.29, 0.717) is 30.7 Å². The van der Waals surface area contributed by atoms with E-state index in [-0.39, 0.29) is 23.9 Å². The van der Waals surface area contributed by atoms with Gasteiger partial charge in [0.05, 0.1) is 7.11 Å². The zero-order valence-corrected chi connectivity index (χ0v) is 19.3. The molecule has 168 valence electrons. The topological polar surface area (TPSA) is 12.5 Å².